The first-order chi connectivity index (χ1) is 10.8. The molecule has 114 valence electrons. The van der Waals surface area contributed by atoms with Crippen LogP contribution in [0.5, 0.6) is 0 Å². The molecule has 0 saturated carbocycles. The second-order valence-electron chi connectivity index (χ2n) is 5.82. The van der Waals surface area contributed by atoms with Crippen LogP contribution < -0.4 is 0 Å². The van der Waals surface area contributed by atoms with Gasteiger partial charge in [-0.3, -0.25) is 4.40 Å². The molecule has 1 saturated heterocycles. The van der Waals surface area contributed by atoms with Gasteiger partial charge in [0.15, 0.2) is 10.8 Å². The van der Waals surface area contributed by atoms with E-state index in [0.29, 0.717) is 6.10 Å². The Morgan fingerprint density at radius 1 is 1.27 bits per heavy atom. The molecule has 5 heteroatoms. The Hall–Kier alpha value is -1.59. The number of para-hydroxylation sites is 1. The van der Waals surface area contributed by atoms with Gasteiger partial charge in [0.1, 0.15) is 0 Å². The van der Waals surface area contributed by atoms with Gasteiger partial charge in [-0.2, -0.15) is 0 Å². The molecule has 1 unspecified atom stereocenters. The number of rotatable bonds is 3. The molecule has 0 aliphatic carbocycles. The molecule has 22 heavy (non-hydrogen) atoms. The Morgan fingerprint density at radius 2 is 2.18 bits per heavy atom. The molecule has 1 aromatic carbocycles. The lowest BCUT2D eigenvalue weighted by atomic mass is 10.1. The quantitative estimate of drug-likeness (QED) is 0.689. The zero-order chi connectivity index (χ0) is 14.9. The number of benzene rings is 1. The summed E-state index contributed by atoms with van der Waals surface area (Å²) in [6.07, 6.45) is 3.97. The Bertz CT molecular complexity index is 808. The minimum Gasteiger partial charge on any atom is -0.377 e. The number of pyridine rings is 1. The van der Waals surface area contributed by atoms with Crippen molar-refractivity contribution in [2.24, 2.45) is 0 Å². The highest BCUT2D eigenvalue weighted by Gasteiger charge is 2.17. The number of nitrogens with zero attached hydrogens (tertiary/aromatic N) is 3. The Balaban J connectivity index is 1.70. The van der Waals surface area contributed by atoms with Gasteiger partial charge in [-0.15, -0.1) is 10.2 Å². The van der Waals surface area contributed by atoms with E-state index in [-0.39, 0.29) is 0 Å². The minimum absolute atomic E-state index is 0.350. The molecule has 1 atom stereocenters. The third-order valence-corrected chi connectivity index (χ3v) is 5.31. The van der Waals surface area contributed by atoms with Gasteiger partial charge >= 0.3 is 0 Å². The fourth-order valence-electron chi connectivity index (χ4n) is 3.07. The van der Waals surface area contributed by atoms with E-state index in [1.807, 2.05) is 0 Å². The molecule has 3 heterocycles. The summed E-state index contributed by atoms with van der Waals surface area (Å²) in [5.74, 6) is 0.947. The molecular weight excluding hydrogens is 294 g/mol. The highest BCUT2D eigenvalue weighted by Crippen LogP contribution is 2.27. The summed E-state index contributed by atoms with van der Waals surface area (Å²) in [5.41, 5.74) is 3.33. The van der Waals surface area contributed by atoms with Crippen LogP contribution in [0.15, 0.2) is 35.5 Å². The molecule has 4 nitrogen and oxygen atoms in total. The molecule has 3 aromatic rings. The van der Waals surface area contributed by atoms with E-state index >= 15 is 0 Å². The van der Waals surface area contributed by atoms with Crippen molar-refractivity contribution >= 4 is 28.3 Å². The second-order valence-corrected chi connectivity index (χ2v) is 6.81. The van der Waals surface area contributed by atoms with Crippen molar-refractivity contribution in [3.05, 3.63) is 35.9 Å². The van der Waals surface area contributed by atoms with Gasteiger partial charge in [0.05, 0.1) is 11.6 Å². The molecular formula is C17H19N3OS. The van der Waals surface area contributed by atoms with E-state index in [0.717, 1.165) is 29.6 Å². The number of aromatic nitrogens is 3. The smallest absolute Gasteiger partial charge is 0.196 e. The lowest BCUT2D eigenvalue weighted by Gasteiger charge is -2.21. The van der Waals surface area contributed by atoms with E-state index in [9.17, 15) is 0 Å². The van der Waals surface area contributed by atoms with Crippen molar-refractivity contribution in [1.29, 1.82) is 0 Å². The van der Waals surface area contributed by atoms with Crippen LogP contribution in [0.2, 0.25) is 0 Å². The van der Waals surface area contributed by atoms with Crippen LogP contribution in [0.1, 0.15) is 24.8 Å². The summed E-state index contributed by atoms with van der Waals surface area (Å²) in [7, 11) is 0. The van der Waals surface area contributed by atoms with Gasteiger partial charge in [-0.05, 0) is 43.9 Å². The van der Waals surface area contributed by atoms with Crippen molar-refractivity contribution in [2.45, 2.75) is 37.4 Å². The summed E-state index contributed by atoms with van der Waals surface area (Å²) < 4.78 is 7.98. The van der Waals surface area contributed by atoms with E-state index in [1.165, 1.54) is 29.3 Å². The molecule has 1 fully saturated rings. The summed E-state index contributed by atoms with van der Waals surface area (Å²) in [6.45, 7) is 3.02. The Labute approximate surface area is 133 Å². The van der Waals surface area contributed by atoms with Crippen molar-refractivity contribution in [2.75, 3.05) is 12.4 Å². The van der Waals surface area contributed by atoms with Gasteiger partial charge in [-0.25, -0.2) is 0 Å². The average molecular weight is 313 g/mol. The molecule has 0 amide bonds. The predicted molar refractivity (Wildman–Crippen MR) is 89.5 cm³/mol. The SMILES string of the molecule is Cc1cc2nnc(SCC3CCCCO3)n2c2ccccc12. The van der Waals surface area contributed by atoms with E-state index in [1.54, 1.807) is 11.8 Å². The van der Waals surface area contributed by atoms with E-state index < -0.39 is 0 Å². The van der Waals surface area contributed by atoms with Crippen LogP contribution in [0.4, 0.5) is 0 Å². The van der Waals surface area contributed by atoms with Crippen molar-refractivity contribution in [1.82, 2.24) is 14.6 Å². The fraction of sp³-hybridized carbons (Fsp3) is 0.412. The normalized spacial score (nSPS) is 19.0. The van der Waals surface area contributed by atoms with E-state index in [2.05, 4.69) is 51.9 Å². The first-order valence-corrected chi connectivity index (χ1v) is 8.79. The fourth-order valence-corrected chi connectivity index (χ4v) is 4.09. The van der Waals surface area contributed by atoms with E-state index in [4.69, 9.17) is 4.74 Å². The number of hydrogen-bond acceptors (Lipinski definition) is 4. The van der Waals surface area contributed by atoms with Gasteiger partial charge < -0.3 is 4.74 Å². The van der Waals surface area contributed by atoms with Crippen molar-refractivity contribution in [3.63, 3.8) is 0 Å². The first-order valence-electron chi connectivity index (χ1n) is 7.81. The maximum atomic E-state index is 5.82. The van der Waals surface area contributed by atoms with Crippen molar-refractivity contribution in [3.8, 4) is 0 Å². The van der Waals surface area contributed by atoms with Crippen molar-refractivity contribution < 1.29 is 4.74 Å². The van der Waals surface area contributed by atoms with Crippen LogP contribution >= 0.6 is 11.8 Å². The molecule has 4 rings (SSSR count). The first kappa shape index (κ1) is 14.0. The number of ether oxygens (including phenoxy) is 1. The summed E-state index contributed by atoms with van der Waals surface area (Å²) >= 11 is 1.75. The van der Waals surface area contributed by atoms with Gasteiger partial charge in [0, 0.05) is 17.7 Å². The molecule has 0 bridgehead atoms. The summed E-state index contributed by atoms with van der Waals surface area (Å²) in [4.78, 5) is 0. The summed E-state index contributed by atoms with van der Waals surface area (Å²) in [5, 5.41) is 10.9. The number of fused-ring (bicyclic) bond motifs is 3. The lowest BCUT2D eigenvalue weighted by molar-refractivity contribution is 0.0315. The maximum absolute atomic E-state index is 5.82. The monoisotopic (exact) mass is 313 g/mol. The van der Waals surface area contributed by atoms with Crippen LogP contribution in [0, 0.1) is 6.92 Å². The highest BCUT2D eigenvalue weighted by molar-refractivity contribution is 7.99. The zero-order valence-electron chi connectivity index (χ0n) is 12.7. The molecule has 1 aliphatic heterocycles. The third kappa shape index (κ3) is 2.48. The molecule has 1 aliphatic rings. The Kier molecular flexibility index (Phi) is 3.76. The third-order valence-electron chi connectivity index (χ3n) is 4.25. The van der Waals surface area contributed by atoms with Crippen LogP contribution in [0.25, 0.3) is 16.6 Å². The number of hydrogen-bond donors (Lipinski definition) is 0. The highest BCUT2D eigenvalue weighted by atomic mass is 32.2. The summed E-state index contributed by atoms with van der Waals surface area (Å²) in [6, 6.07) is 10.5. The van der Waals surface area contributed by atoms with Gasteiger partial charge in [0.2, 0.25) is 0 Å². The number of thioether (sulfide) groups is 1. The predicted octanol–water partition coefficient (Wildman–Crippen LogP) is 3.85. The van der Waals surface area contributed by atoms with Crippen LogP contribution in [-0.2, 0) is 4.74 Å². The van der Waals surface area contributed by atoms with Crippen LogP contribution in [0.3, 0.4) is 0 Å². The zero-order valence-corrected chi connectivity index (χ0v) is 13.5. The molecule has 0 N–H and O–H groups in total. The van der Waals surface area contributed by atoms with Gasteiger partial charge in [0.25, 0.3) is 0 Å². The number of aryl methyl sites for hydroxylation is 1. The molecule has 0 spiro atoms. The molecule has 2 aromatic heterocycles. The van der Waals surface area contributed by atoms with Gasteiger partial charge in [-0.1, -0.05) is 30.0 Å². The Morgan fingerprint density at radius 3 is 3.05 bits per heavy atom. The topological polar surface area (TPSA) is 39.4 Å². The second kappa shape index (κ2) is 5.89. The maximum Gasteiger partial charge on any atom is 0.196 e. The van der Waals surface area contributed by atoms with Crippen LogP contribution in [-0.4, -0.2) is 33.1 Å². The minimum atomic E-state index is 0.350. The largest absolute Gasteiger partial charge is 0.377 e. The lowest BCUT2D eigenvalue weighted by Crippen LogP contribution is -2.21. The standard InChI is InChI=1S/C17H19N3OS/c1-12-10-16-18-19-17(22-11-13-6-4-5-9-21-13)20(16)15-8-3-2-7-14(12)15/h2-3,7-8,10,13H,4-6,9,11H2,1H3. The average Bonchev–Trinajstić information content (AvgIpc) is 2.97. The molecule has 0 radical (unpaired) electrons.